The van der Waals surface area contributed by atoms with Crippen molar-refractivity contribution in [3.05, 3.63) is 71.9 Å². The van der Waals surface area contributed by atoms with Gasteiger partial charge >= 0.3 is 5.97 Å². The minimum Gasteiger partial charge on any atom is -0.492 e. The predicted molar refractivity (Wildman–Crippen MR) is 88.1 cm³/mol. The number of carbonyl (C=O) groups is 1. The van der Waals surface area contributed by atoms with Crippen LogP contribution < -0.4 is 9.47 Å². The van der Waals surface area contributed by atoms with Crippen molar-refractivity contribution in [1.82, 2.24) is 14.8 Å². The Morgan fingerprint density at radius 1 is 1.20 bits per heavy atom. The van der Waals surface area contributed by atoms with Crippen LogP contribution in [0.4, 0.5) is 4.39 Å². The van der Waals surface area contributed by atoms with E-state index in [-0.39, 0.29) is 11.4 Å². The Labute approximate surface area is 143 Å². The van der Waals surface area contributed by atoms with E-state index >= 15 is 0 Å². The Balaban J connectivity index is 1.66. The first-order valence-electron chi connectivity index (χ1n) is 7.68. The predicted octanol–water partition coefficient (Wildman–Crippen LogP) is 3.02. The van der Waals surface area contributed by atoms with Crippen LogP contribution in [0, 0.1) is 12.9 Å². The first-order chi connectivity index (χ1) is 12.1. The number of carbonyl (C=O) groups excluding carboxylic acids is 1. The monoisotopic (exact) mass is 341 g/mol. The topological polar surface area (TPSA) is 66.2 Å². The lowest BCUT2D eigenvalue weighted by atomic mass is 10.3. The number of rotatable bonds is 6. The summed E-state index contributed by atoms with van der Waals surface area (Å²) >= 11 is 0. The number of aryl methyl sites for hydroxylation is 1. The summed E-state index contributed by atoms with van der Waals surface area (Å²) in [5.74, 6) is -0.733. The van der Waals surface area contributed by atoms with Crippen LogP contribution in [-0.4, -0.2) is 27.3 Å². The van der Waals surface area contributed by atoms with Crippen molar-refractivity contribution in [3.8, 4) is 11.6 Å². The minimum atomic E-state index is -0.873. The summed E-state index contributed by atoms with van der Waals surface area (Å²) in [6.45, 7) is 2.49. The fraction of sp³-hybridized carbons (Fsp3) is 0.167. The van der Waals surface area contributed by atoms with Crippen molar-refractivity contribution in [3.63, 3.8) is 0 Å². The third-order valence-electron chi connectivity index (χ3n) is 3.36. The van der Waals surface area contributed by atoms with E-state index in [0.29, 0.717) is 18.8 Å². The van der Waals surface area contributed by atoms with Gasteiger partial charge in [-0.05, 0) is 31.2 Å². The number of pyridine rings is 1. The average Bonchev–Trinajstić information content (AvgIpc) is 2.95. The molecule has 0 radical (unpaired) electrons. The molecule has 0 amide bonds. The lowest BCUT2D eigenvalue weighted by molar-refractivity contribution is 0.0710. The maximum Gasteiger partial charge on any atom is 0.349 e. The van der Waals surface area contributed by atoms with E-state index in [1.54, 1.807) is 13.0 Å². The zero-order valence-electron chi connectivity index (χ0n) is 13.6. The molecule has 6 nitrogen and oxygen atoms in total. The van der Waals surface area contributed by atoms with Crippen LogP contribution in [0.15, 0.2) is 54.7 Å². The lowest BCUT2D eigenvalue weighted by Gasteiger charge is -2.09. The van der Waals surface area contributed by atoms with Crippen LogP contribution >= 0.6 is 0 Å². The lowest BCUT2D eigenvalue weighted by Crippen LogP contribution is -2.16. The van der Waals surface area contributed by atoms with Gasteiger partial charge in [0.05, 0.1) is 12.2 Å². The second-order valence-electron chi connectivity index (χ2n) is 5.24. The summed E-state index contributed by atoms with van der Waals surface area (Å²) in [4.78, 5) is 15.6. The molecule has 0 aliphatic carbocycles. The number of hydrogen-bond acceptors (Lipinski definition) is 5. The molecule has 0 saturated carbocycles. The van der Waals surface area contributed by atoms with Crippen LogP contribution in [0.3, 0.4) is 0 Å². The molecule has 0 bridgehead atoms. The number of aromatic nitrogens is 3. The molecule has 2 aromatic heterocycles. The third kappa shape index (κ3) is 4.20. The zero-order valence-corrected chi connectivity index (χ0v) is 13.6. The standard InChI is InChI=1S/C18H16FN3O3/c1-13-12-16(25-18(23)15-8-5-9-20-17(15)19)22(21-13)10-11-24-14-6-3-2-4-7-14/h2-9,12H,10-11H2,1H3. The van der Waals surface area contributed by atoms with Crippen molar-refractivity contribution in [2.24, 2.45) is 0 Å². The van der Waals surface area contributed by atoms with E-state index in [0.717, 1.165) is 5.75 Å². The van der Waals surface area contributed by atoms with Gasteiger partial charge in [0.15, 0.2) is 0 Å². The molecule has 0 aliphatic rings. The molecule has 2 heterocycles. The molecule has 0 unspecified atom stereocenters. The van der Waals surface area contributed by atoms with Gasteiger partial charge in [0, 0.05) is 12.3 Å². The molecule has 0 aliphatic heterocycles. The molecule has 0 spiro atoms. The molecule has 128 valence electrons. The quantitative estimate of drug-likeness (QED) is 0.509. The number of esters is 1. The number of nitrogens with zero attached hydrogens (tertiary/aromatic N) is 3. The summed E-state index contributed by atoms with van der Waals surface area (Å²) in [5.41, 5.74) is 0.447. The van der Waals surface area contributed by atoms with Crippen LogP contribution in [0.5, 0.6) is 11.6 Å². The molecule has 0 atom stereocenters. The SMILES string of the molecule is Cc1cc(OC(=O)c2cccnc2F)n(CCOc2ccccc2)n1. The third-order valence-corrected chi connectivity index (χ3v) is 3.36. The first-order valence-corrected chi connectivity index (χ1v) is 7.68. The fourth-order valence-electron chi connectivity index (χ4n) is 2.22. The number of para-hydroxylation sites is 1. The number of benzene rings is 1. The molecule has 1 aromatic carbocycles. The highest BCUT2D eigenvalue weighted by atomic mass is 19.1. The normalized spacial score (nSPS) is 10.5. The van der Waals surface area contributed by atoms with Gasteiger partial charge in [0.2, 0.25) is 11.8 Å². The van der Waals surface area contributed by atoms with Gasteiger partial charge in [-0.2, -0.15) is 9.49 Å². The Morgan fingerprint density at radius 2 is 2.00 bits per heavy atom. The second kappa shape index (κ2) is 7.57. The molecule has 25 heavy (non-hydrogen) atoms. The molecule has 3 aromatic rings. The molecular formula is C18H16FN3O3. The summed E-state index contributed by atoms with van der Waals surface area (Å²) in [6, 6.07) is 13.7. The molecule has 7 heteroatoms. The molecule has 0 saturated heterocycles. The van der Waals surface area contributed by atoms with E-state index in [1.807, 2.05) is 30.3 Å². The average molecular weight is 341 g/mol. The Bertz CT molecular complexity index is 865. The van der Waals surface area contributed by atoms with E-state index in [4.69, 9.17) is 9.47 Å². The maximum absolute atomic E-state index is 13.6. The van der Waals surface area contributed by atoms with Crippen molar-refractivity contribution < 1.29 is 18.7 Å². The summed E-state index contributed by atoms with van der Waals surface area (Å²) in [6.07, 6.45) is 1.27. The highest BCUT2D eigenvalue weighted by Gasteiger charge is 2.17. The highest BCUT2D eigenvalue weighted by molar-refractivity contribution is 5.90. The van der Waals surface area contributed by atoms with E-state index in [2.05, 4.69) is 10.1 Å². The van der Waals surface area contributed by atoms with Crippen LogP contribution in [0.25, 0.3) is 0 Å². The zero-order chi connectivity index (χ0) is 17.6. The Hall–Kier alpha value is -3.22. The number of ether oxygens (including phenoxy) is 2. The van der Waals surface area contributed by atoms with Gasteiger partial charge in [0.25, 0.3) is 0 Å². The van der Waals surface area contributed by atoms with E-state index < -0.39 is 11.9 Å². The minimum absolute atomic E-state index is 0.224. The maximum atomic E-state index is 13.6. The second-order valence-corrected chi connectivity index (χ2v) is 5.24. The van der Waals surface area contributed by atoms with E-state index in [9.17, 15) is 9.18 Å². The van der Waals surface area contributed by atoms with Gasteiger partial charge in [-0.3, -0.25) is 0 Å². The van der Waals surface area contributed by atoms with Crippen molar-refractivity contribution >= 4 is 5.97 Å². The molecule has 0 N–H and O–H groups in total. The van der Waals surface area contributed by atoms with E-state index in [1.165, 1.54) is 23.0 Å². The number of hydrogen-bond donors (Lipinski definition) is 0. The van der Waals surface area contributed by atoms with Crippen molar-refractivity contribution in [1.29, 1.82) is 0 Å². The van der Waals surface area contributed by atoms with Crippen LogP contribution in [-0.2, 0) is 6.54 Å². The van der Waals surface area contributed by atoms with Gasteiger partial charge in [-0.25, -0.2) is 14.5 Å². The van der Waals surface area contributed by atoms with Gasteiger partial charge in [-0.1, -0.05) is 18.2 Å². The number of halogens is 1. The van der Waals surface area contributed by atoms with Crippen molar-refractivity contribution in [2.75, 3.05) is 6.61 Å². The molecular weight excluding hydrogens is 325 g/mol. The van der Waals surface area contributed by atoms with Gasteiger partial charge < -0.3 is 9.47 Å². The Morgan fingerprint density at radius 3 is 2.76 bits per heavy atom. The molecule has 3 rings (SSSR count). The Kier molecular flexibility index (Phi) is 5.03. The summed E-state index contributed by atoms with van der Waals surface area (Å²) < 4.78 is 26.0. The summed E-state index contributed by atoms with van der Waals surface area (Å²) in [7, 11) is 0. The fourth-order valence-corrected chi connectivity index (χ4v) is 2.22. The van der Waals surface area contributed by atoms with Gasteiger partial charge in [0.1, 0.15) is 17.9 Å². The van der Waals surface area contributed by atoms with Crippen LogP contribution in [0.2, 0.25) is 0 Å². The largest absolute Gasteiger partial charge is 0.492 e. The van der Waals surface area contributed by atoms with Gasteiger partial charge in [-0.15, -0.1) is 0 Å². The molecule has 0 fully saturated rings. The smallest absolute Gasteiger partial charge is 0.349 e. The highest BCUT2D eigenvalue weighted by Crippen LogP contribution is 2.16. The first kappa shape index (κ1) is 16.6. The summed E-state index contributed by atoms with van der Waals surface area (Å²) in [5, 5.41) is 4.26. The van der Waals surface area contributed by atoms with Crippen LogP contribution in [0.1, 0.15) is 16.1 Å². The van der Waals surface area contributed by atoms with Crippen molar-refractivity contribution in [2.45, 2.75) is 13.5 Å².